The molecule has 0 aliphatic carbocycles. The lowest BCUT2D eigenvalue weighted by molar-refractivity contribution is -0.352. The van der Waals surface area contributed by atoms with Gasteiger partial charge >= 0.3 is 6.36 Å². The van der Waals surface area contributed by atoms with Crippen molar-refractivity contribution >= 4 is 40.6 Å². The number of aromatic amines is 1. The van der Waals surface area contributed by atoms with Crippen LogP contribution in [0.2, 0.25) is 0 Å². The number of hydrazone groups is 1. The van der Waals surface area contributed by atoms with Crippen LogP contribution in [0, 0.1) is 0 Å². The van der Waals surface area contributed by atoms with Crippen molar-refractivity contribution in [2.24, 2.45) is 5.10 Å². The number of halogens is 3. The normalized spacial score (nSPS) is 14.3. The van der Waals surface area contributed by atoms with Gasteiger partial charge in [-0.05, 0) is 48.4 Å². The SMILES string of the molecule is C=NN/C=C(\C)c1ccc(Nc2ccnc(-c3ccc4cc(C(=O)N5CC(OC(F)(F)F)C5)[nH]c4c3)n2)cc1. The van der Waals surface area contributed by atoms with E-state index in [1.807, 2.05) is 49.4 Å². The molecule has 5 rings (SSSR count). The van der Waals surface area contributed by atoms with Crippen LogP contribution in [0.15, 0.2) is 72.1 Å². The van der Waals surface area contributed by atoms with Crippen molar-refractivity contribution in [3.63, 3.8) is 0 Å². The number of rotatable bonds is 8. The van der Waals surface area contributed by atoms with Gasteiger partial charge in [0.2, 0.25) is 0 Å². The number of nitrogens with zero attached hydrogens (tertiary/aromatic N) is 4. The van der Waals surface area contributed by atoms with Crippen LogP contribution in [0.5, 0.6) is 0 Å². The summed E-state index contributed by atoms with van der Waals surface area (Å²) in [5.41, 5.74) is 7.30. The first-order chi connectivity index (χ1) is 18.7. The predicted octanol–water partition coefficient (Wildman–Crippen LogP) is 5.30. The number of carbonyl (C=O) groups is 1. The Hall–Kier alpha value is -4.71. The third kappa shape index (κ3) is 6.07. The smallest absolute Gasteiger partial charge is 0.351 e. The summed E-state index contributed by atoms with van der Waals surface area (Å²) in [4.78, 5) is 26.1. The van der Waals surface area contributed by atoms with Crippen LogP contribution in [0.25, 0.3) is 27.9 Å². The fraction of sp³-hybridized carbons (Fsp3) is 0.185. The van der Waals surface area contributed by atoms with Crippen molar-refractivity contribution in [2.45, 2.75) is 19.4 Å². The molecule has 1 saturated heterocycles. The molecular weight excluding hydrogens is 511 g/mol. The molecule has 2 aromatic carbocycles. The van der Waals surface area contributed by atoms with E-state index in [1.165, 1.54) is 4.90 Å². The van der Waals surface area contributed by atoms with Crippen molar-refractivity contribution in [2.75, 3.05) is 18.4 Å². The van der Waals surface area contributed by atoms with E-state index in [0.717, 1.165) is 27.8 Å². The number of alkyl halides is 3. The zero-order valence-corrected chi connectivity index (χ0v) is 20.8. The average molecular weight is 536 g/mol. The van der Waals surface area contributed by atoms with Crippen molar-refractivity contribution in [1.29, 1.82) is 0 Å². The van der Waals surface area contributed by atoms with Gasteiger partial charge in [-0.2, -0.15) is 5.10 Å². The van der Waals surface area contributed by atoms with E-state index in [9.17, 15) is 18.0 Å². The van der Waals surface area contributed by atoms with Gasteiger partial charge in [0.1, 0.15) is 17.6 Å². The molecule has 1 amide bonds. The lowest BCUT2D eigenvalue weighted by atomic mass is 10.1. The van der Waals surface area contributed by atoms with Gasteiger partial charge in [-0.15, -0.1) is 13.2 Å². The summed E-state index contributed by atoms with van der Waals surface area (Å²) >= 11 is 0. The van der Waals surface area contributed by atoms with Gasteiger partial charge in [-0.1, -0.05) is 24.3 Å². The number of amides is 1. The summed E-state index contributed by atoms with van der Waals surface area (Å²) in [6, 6.07) is 16.8. The lowest BCUT2D eigenvalue weighted by Gasteiger charge is -2.38. The summed E-state index contributed by atoms with van der Waals surface area (Å²) in [6.07, 6.45) is -2.34. The first-order valence-corrected chi connectivity index (χ1v) is 11.9. The molecule has 0 unspecified atom stereocenters. The standard InChI is InChI=1S/C27H24F3N7O2/c1-16(13-33-31-2)17-5-7-20(8-6-17)34-24-9-10-32-25(36-24)19-4-3-18-11-23(35-22(18)12-19)26(38)37-14-21(15-37)39-27(28,29)30/h3-13,21,33,35H,2,14-15H2,1H3,(H,32,34,36)/b16-13+. The van der Waals surface area contributed by atoms with E-state index in [0.29, 0.717) is 17.2 Å². The van der Waals surface area contributed by atoms with Crippen LogP contribution in [0.1, 0.15) is 23.0 Å². The number of anilines is 2. The second-order valence-corrected chi connectivity index (χ2v) is 8.96. The van der Waals surface area contributed by atoms with Gasteiger partial charge in [-0.3, -0.25) is 15.0 Å². The van der Waals surface area contributed by atoms with E-state index in [1.54, 1.807) is 24.5 Å². The topological polar surface area (TPSA) is 108 Å². The number of hydrogen-bond donors (Lipinski definition) is 3. The molecule has 1 aliphatic rings. The van der Waals surface area contributed by atoms with E-state index >= 15 is 0 Å². The van der Waals surface area contributed by atoms with E-state index in [4.69, 9.17) is 0 Å². The second kappa shape index (κ2) is 10.6. The minimum absolute atomic E-state index is 0.115. The number of carbonyl (C=O) groups excluding carboxylic acids is 1. The van der Waals surface area contributed by atoms with Crippen LogP contribution in [-0.4, -0.2) is 58.0 Å². The quantitative estimate of drug-likeness (QED) is 0.209. The van der Waals surface area contributed by atoms with Gasteiger partial charge in [0.15, 0.2) is 5.82 Å². The monoisotopic (exact) mass is 535 g/mol. The Bertz CT molecular complexity index is 1540. The van der Waals surface area contributed by atoms with E-state index < -0.39 is 12.5 Å². The number of nitrogens with one attached hydrogen (secondary N) is 3. The molecule has 0 saturated carbocycles. The number of H-pyrrole nitrogens is 1. The molecule has 200 valence electrons. The van der Waals surface area contributed by atoms with Gasteiger partial charge in [-0.25, -0.2) is 9.97 Å². The summed E-state index contributed by atoms with van der Waals surface area (Å²) in [5, 5.41) is 7.65. The second-order valence-electron chi connectivity index (χ2n) is 8.96. The van der Waals surface area contributed by atoms with Crippen LogP contribution in [0.4, 0.5) is 24.7 Å². The van der Waals surface area contributed by atoms with Crippen molar-refractivity contribution < 1.29 is 22.7 Å². The first-order valence-electron chi connectivity index (χ1n) is 11.9. The maximum absolute atomic E-state index is 12.7. The molecule has 9 nitrogen and oxygen atoms in total. The first kappa shape index (κ1) is 25.9. The highest BCUT2D eigenvalue weighted by Gasteiger charge is 2.41. The molecule has 0 atom stereocenters. The molecule has 0 spiro atoms. The van der Waals surface area contributed by atoms with Crippen LogP contribution >= 0.6 is 0 Å². The summed E-state index contributed by atoms with van der Waals surface area (Å²) in [7, 11) is 0. The minimum Gasteiger partial charge on any atom is -0.351 e. The molecule has 12 heteroatoms. The molecule has 2 aromatic heterocycles. The molecule has 1 fully saturated rings. The number of hydrogen-bond acceptors (Lipinski definition) is 7. The number of benzene rings is 2. The Morgan fingerprint density at radius 3 is 2.67 bits per heavy atom. The van der Waals surface area contributed by atoms with Crippen molar-refractivity contribution in [3.8, 4) is 11.4 Å². The molecule has 0 radical (unpaired) electrons. The largest absolute Gasteiger partial charge is 0.522 e. The third-order valence-corrected chi connectivity index (χ3v) is 6.19. The molecule has 4 aromatic rings. The Morgan fingerprint density at radius 2 is 1.95 bits per heavy atom. The number of aromatic nitrogens is 3. The van der Waals surface area contributed by atoms with Crippen molar-refractivity contribution in [3.05, 3.63) is 78.3 Å². The van der Waals surface area contributed by atoms with Crippen LogP contribution in [-0.2, 0) is 4.74 Å². The maximum Gasteiger partial charge on any atom is 0.522 e. The Morgan fingerprint density at radius 1 is 1.18 bits per heavy atom. The number of likely N-dealkylation sites (tertiary alicyclic amines) is 1. The lowest BCUT2D eigenvalue weighted by Crippen LogP contribution is -2.56. The average Bonchev–Trinajstić information content (AvgIpc) is 3.32. The zero-order valence-electron chi connectivity index (χ0n) is 20.8. The van der Waals surface area contributed by atoms with Crippen molar-refractivity contribution in [1.82, 2.24) is 25.3 Å². The Labute approximate surface area is 221 Å². The molecule has 0 bridgehead atoms. The third-order valence-electron chi connectivity index (χ3n) is 6.19. The number of fused-ring (bicyclic) bond motifs is 1. The highest BCUT2D eigenvalue weighted by molar-refractivity contribution is 5.99. The summed E-state index contributed by atoms with van der Waals surface area (Å²) < 4.78 is 41.0. The fourth-order valence-corrected chi connectivity index (χ4v) is 4.18. The fourth-order valence-electron chi connectivity index (χ4n) is 4.18. The Balaban J connectivity index is 1.27. The van der Waals surface area contributed by atoms with Gasteiger partial charge < -0.3 is 15.2 Å². The van der Waals surface area contributed by atoms with Gasteiger partial charge in [0.25, 0.3) is 5.91 Å². The van der Waals surface area contributed by atoms with Gasteiger partial charge in [0, 0.05) is 54.4 Å². The van der Waals surface area contributed by atoms with E-state index in [2.05, 4.69) is 42.3 Å². The summed E-state index contributed by atoms with van der Waals surface area (Å²) in [5.74, 6) is 0.702. The maximum atomic E-state index is 12.7. The molecule has 1 aliphatic heterocycles. The van der Waals surface area contributed by atoms with E-state index in [-0.39, 0.29) is 24.7 Å². The van der Waals surface area contributed by atoms with Crippen LogP contribution in [0.3, 0.4) is 0 Å². The molecule has 39 heavy (non-hydrogen) atoms. The highest BCUT2D eigenvalue weighted by atomic mass is 19.4. The Kier molecular flexibility index (Phi) is 7.03. The highest BCUT2D eigenvalue weighted by Crippen LogP contribution is 2.27. The summed E-state index contributed by atoms with van der Waals surface area (Å²) in [6.45, 7) is 5.12. The number of allylic oxidation sites excluding steroid dienone is 1. The molecule has 3 heterocycles. The van der Waals surface area contributed by atoms with Gasteiger partial charge in [0.05, 0.1) is 0 Å². The predicted molar refractivity (Wildman–Crippen MR) is 142 cm³/mol. The molecule has 3 N–H and O–H groups in total. The minimum atomic E-state index is -4.71. The zero-order chi connectivity index (χ0) is 27.6. The molecular formula is C27H24F3N7O2. The van der Waals surface area contributed by atoms with Crippen LogP contribution < -0.4 is 10.7 Å². The number of ether oxygens (including phenoxy) is 1.